The molecule has 1 amide bonds. The number of carbonyl (C=O) groups excluding carboxylic acids is 1. The number of benzene rings is 2. The summed E-state index contributed by atoms with van der Waals surface area (Å²) in [6, 6.07) is 15.3. The lowest BCUT2D eigenvalue weighted by Crippen LogP contribution is -2.27. The van der Waals surface area contributed by atoms with E-state index in [4.69, 9.17) is 4.42 Å². The fraction of sp³-hybridized carbons (Fsp3) is 0.143. The van der Waals surface area contributed by atoms with Gasteiger partial charge in [0.05, 0.1) is 29.5 Å². The SMILES string of the molecule is CS(=O)(=O)Nc1ccccc1C1=NN(C(=O)c2ccccc2F)[C@@H](c2ccco2)C1. The molecule has 1 aliphatic heterocycles. The highest BCUT2D eigenvalue weighted by Crippen LogP contribution is 2.36. The van der Waals surface area contributed by atoms with Gasteiger partial charge in [0.15, 0.2) is 0 Å². The Balaban J connectivity index is 1.77. The van der Waals surface area contributed by atoms with Gasteiger partial charge in [-0.25, -0.2) is 17.8 Å². The highest BCUT2D eigenvalue weighted by Gasteiger charge is 2.36. The maximum Gasteiger partial charge on any atom is 0.277 e. The van der Waals surface area contributed by atoms with Gasteiger partial charge < -0.3 is 4.42 Å². The molecule has 1 N–H and O–H groups in total. The van der Waals surface area contributed by atoms with Gasteiger partial charge in [-0.1, -0.05) is 30.3 Å². The van der Waals surface area contributed by atoms with Gasteiger partial charge in [-0.05, 0) is 30.3 Å². The van der Waals surface area contributed by atoms with Crippen LogP contribution in [0.1, 0.15) is 34.1 Å². The van der Waals surface area contributed by atoms with E-state index >= 15 is 0 Å². The van der Waals surface area contributed by atoms with Gasteiger partial charge in [0, 0.05) is 12.0 Å². The van der Waals surface area contributed by atoms with Crippen LogP contribution < -0.4 is 4.72 Å². The number of hydrazone groups is 1. The van der Waals surface area contributed by atoms with E-state index in [0.717, 1.165) is 6.26 Å². The van der Waals surface area contributed by atoms with Gasteiger partial charge in [-0.2, -0.15) is 5.10 Å². The Morgan fingerprint density at radius 3 is 2.57 bits per heavy atom. The van der Waals surface area contributed by atoms with Crippen LogP contribution in [-0.2, 0) is 10.0 Å². The van der Waals surface area contributed by atoms with E-state index in [1.165, 1.54) is 29.5 Å². The zero-order chi connectivity index (χ0) is 21.3. The van der Waals surface area contributed by atoms with Gasteiger partial charge in [0.25, 0.3) is 5.91 Å². The van der Waals surface area contributed by atoms with Crippen LogP contribution in [0.25, 0.3) is 0 Å². The fourth-order valence-electron chi connectivity index (χ4n) is 3.34. The molecule has 1 aromatic heterocycles. The number of para-hydroxylation sites is 1. The normalized spacial score (nSPS) is 16.4. The van der Waals surface area contributed by atoms with Crippen molar-refractivity contribution in [2.75, 3.05) is 11.0 Å². The maximum atomic E-state index is 14.2. The van der Waals surface area contributed by atoms with Crippen molar-refractivity contribution in [3.8, 4) is 0 Å². The molecule has 4 rings (SSSR count). The number of carbonyl (C=O) groups is 1. The third kappa shape index (κ3) is 3.97. The molecule has 0 saturated heterocycles. The summed E-state index contributed by atoms with van der Waals surface area (Å²) in [7, 11) is -3.52. The molecular formula is C21H18FN3O4S. The van der Waals surface area contributed by atoms with Crippen molar-refractivity contribution in [1.29, 1.82) is 0 Å². The maximum absolute atomic E-state index is 14.2. The number of amides is 1. The van der Waals surface area contributed by atoms with E-state index in [0.29, 0.717) is 22.7 Å². The van der Waals surface area contributed by atoms with Crippen LogP contribution in [0, 0.1) is 5.82 Å². The highest BCUT2D eigenvalue weighted by atomic mass is 32.2. The Morgan fingerprint density at radius 2 is 1.87 bits per heavy atom. The van der Waals surface area contributed by atoms with E-state index in [2.05, 4.69) is 9.82 Å². The number of sulfonamides is 1. The van der Waals surface area contributed by atoms with Crippen LogP contribution in [0.15, 0.2) is 76.4 Å². The smallest absolute Gasteiger partial charge is 0.277 e. The lowest BCUT2D eigenvalue weighted by molar-refractivity contribution is 0.0688. The Labute approximate surface area is 172 Å². The standard InChI is InChI=1S/C21H18FN3O4S/c1-30(27,28)24-17-10-5-3-8-15(17)18-13-19(20-11-6-12-29-20)25(23-18)21(26)14-7-2-4-9-16(14)22/h2-12,19,24H,13H2,1H3/t19-/m1/s1. The minimum atomic E-state index is -3.52. The van der Waals surface area contributed by atoms with E-state index in [1.54, 1.807) is 42.5 Å². The monoisotopic (exact) mass is 427 g/mol. The zero-order valence-corrected chi connectivity index (χ0v) is 16.8. The Bertz CT molecular complexity index is 1220. The van der Waals surface area contributed by atoms with Crippen molar-refractivity contribution < 1.29 is 22.0 Å². The summed E-state index contributed by atoms with van der Waals surface area (Å²) in [4.78, 5) is 13.1. The number of furan rings is 1. The molecule has 0 unspecified atom stereocenters. The molecule has 0 spiro atoms. The Morgan fingerprint density at radius 1 is 1.13 bits per heavy atom. The molecule has 1 aliphatic rings. The summed E-state index contributed by atoms with van der Waals surface area (Å²) >= 11 is 0. The first-order chi connectivity index (χ1) is 14.3. The summed E-state index contributed by atoms with van der Waals surface area (Å²) in [5.74, 6) is -0.770. The molecule has 0 fully saturated rings. The van der Waals surface area contributed by atoms with E-state index in [9.17, 15) is 17.6 Å². The lowest BCUT2D eigenvalue weighted by atomic mass is 10.0. The minimum absolute atomic E-state index is 0.110. The number of anilines is 1. The van der Waals surface area contributed by atoms with E-state index in [1.807, 2.05) is 0 Å². The third-order valence-electron chi connectivity index (χ3n) is 4.63. The highest BCUT2D eigenvalue weighted by molar-refractivity contribution is 7.92. The summed E-state index contributed by atoms with van der Waals surface area (Å²) < 4.78 is 45.7. The summed E-state index contributed by atoms with van der Waals surface area (Å²) in [5.41, 5.74) is 1.25. The summed E-state index contributed by atoms with van der Waals surface area (Å²) in [6.45, 7) is 0. The quantitative estimate of drug-likeness (QED) is 0.671. The fourth-order valence-corrected chi connectivity index (χ4v) is 3.92. The molecule has 3 aromatic rings. The first-order valence-corrected chi connectivity index (χ1v) is 11.0. The molecule has 2 heterocycles. The minimum Gasteiger partial charge on any atom is -0.467 e. The predicted octanol–water partition coefficient (Wildman–Crippen LogP) is 3.78. The van der Waals surface area contributed by atoms with Crippen LogP contribution in [0.2, 0.25) is 0 Å². The largest absolute Gasteiger partial charge is 0.467 e. The molecule has 0 aliphatic carbocycles. The van der Waals surface area contributed by atoms with Crippen molar-refractivity contribution in [2.45, 2.75) is 12.5 Å². The molecule has 0 saturated carbocycles. The second-order valence-electron chi connectivity index (χ2n) is 6.83. The average Bonchev–Trinajstić information content (AvgIpc) is 3.37. The topological polar surface area (TPSA) is 92.0 Å². The Hall–Kier alpha value is -3.46. The average molecular weight is 427 g/mol. The number of nitrogens with one attached hydrogen (secondary N) is 1. The van der Waals surface area contributed by atoms with E-state index < -0.39 is 27.8 Å². The summed E-state index contributed by atoms with van der Waals surface area (Å²) in [5, 5.41) is 5.63. The molecule has 9 heteroatoms. The van der Waals surface area contributed by atoms with Gasteiger partial charge in [0.1, 0.15) is 17.6 Å². The summed E-state index contributed by atoms with van der Waals surface area (Å²) in [6.07, 6.45) is 2.81. The molecule has 30 heavy (non-hydrogen) atoms. The van der Waals surface area contributed by atoms with Gasteiger partial charge in [0.2, 0.25) is 10.0 Å². The second-order valence-corrected chi connectivity index (χ2v) is 8.58. The van der Waals surface area contributed by atoms with Crippen LogP contribution in [0.5, 0.6) is 0 Å². The van der Waals surface area contributed by atoms with Crippen molar-refractivity contribution in [3.05, 3.63) is 89.6 Å². The van der Waals surface area contributed by atoms with Crippen LogP contribution in [0.4, 0.5) is 10.1 Å². The third-order valence-corrected chi connectivity index (χ3v) is 5.22. The second kappa shape index (κ2) is 7.75. The molecule has 0 bridgehead atoms. The van der Waals surface area contributed by atoms with Crippen molar-refractivity contribution in [1.82, 2.24) is 5.01 Å². The predicted molar refractivity (Wildman–Crippen MR) is 110 cm³/mol. The van der Waals surface area contributed by atoms with Crippen LogP contribution >= 0.6 is 0 Å². The zero-order valence-electron chi connectivity index (χ0n) is 15.9. The number of nitrogens with zero attached hydrogens (tertiary/aromatic N) is 2. The van der Waals surface area contributed by atoms with Crippen LogP contribution in [-0.4, -0.2) is 31.3 Å². The molecular weight excluding hydrogens is 409 g/mol. The van der Waals surface area contributed by atoms with Gasteiger partial charge >= 0.3 is 0 Å². The van der Waals surface area contributed by atoms with Crippen molar-refractivity contribution in [2.24, 2.45) is 5.10 Å². The van der Waals surface area contributed by atoms with Crippen molar-refractivity contribution in [3.63, 3.8) is 0 Å². The number of hydrogen-bond donors (Lipinski definition) is 1. The molecule has 0 radical (unpaired) electrons. The first-order valence-electron chi connectivity index (χ1n) is 9.09. The molecule has 2 aromatic carbocycles. The molecule has 7 nitrogen and oxygen atoms in total. The molecule has 154 valence electrons. The first kappa shape index (κ1) is 19.8. The Kier molecular flexibility index (Phi) is 5.13. The lowest BCUT2D eigenvalue weighted by Gasteiger charge is -2.20. The molecule has 1 atom stereocenters. The van der Waals surface area contributed by atoms with Gasteiger partial charge in [-0.15, -0.1) is 0 Å². The van der Waals surface area contributed by atoms with Gasteiger partial charge in [-0.3, -0.25) is 9.52 Å². The van der Waals surface area contributed by atoms with E-state index in [-0.39, 0.29) is 12.0 Å². The number of halogens is 1. The number of hydrogen-bond acceptors (Lipinski definition) is 5. The number of rotatable bonds is 5. The van der Waals surface area contributed by atoms with Crippen LogP contribution in [0.3, 0.4) is 0 Å². The van der Waals surface area contributed by atoms with Crippen molar-refractivity contribution >= 4 is 27.3 Å².